The Kier molecular flexibility index (Phi) is 7.29. The monoisotopic (exact) mass is 509 g/mol. The molecule has 4 aromatic rings. The molecular weight excluding hydrogens is 492 g/mol. The molecular formula is C26H18Cl2FN3O3. The molecule has 9 heteroatoms. The molecule has 0 aliphatic carbocycles. The summed E-state index contributed by atoms with van der Waals surface area (Å²) in [4.78, 5) is 25.2. The molecule has 176 valence electrons. The van der Waals surface area contributed by atoms with Crippen LogP contribution in [-0.4, -0.2) is 23.1 Å². The average molecular weight is 510 g/mol. The first kappa shape index (κ1) is 24.2. The molecule has 0 saturated carbocycles. The van der Waals surface area contributed by atoms with Crippen molar-refractivity contribution in [2.45, 2.75) is 6.54 Å². The van der Waals surface area contributed by atoms with Gasteiger partial charge >= 0.3 is 0 Å². The third-order valence-electron chi connectivity index (χ3n) is 5.24. The van der Waals surface area contributed by atoms with Crippen molar-refractivity contribution in [1.29, 1.82) is 0 Å². The number of nitrogens with one attached hydrogen (secondary N) is 2. The molecule has 0 saturated heterocycles. The number of fused-ring (bicyclic) bond motifs is 1. The predicted octanol–water partition coefficient (Wildman–Crippen LogP) is 5.69. The number of phenolic OH excluding ortho intramolecular Hbond substituents is 1. The number of phenols is 1. The average Bonchev–Trinajstić information content (AvgIpc) is 2.85. The molecule has 0 aromatic heterocycles. The van der Waals surface area contributed by atoms with Crippen molar-refractivity contribution in [3.05, 3.63) is 111 Å². The lowest BCUT2D eigenvalue weighted by Crippen LogP contribution is -2.23. The summed E-state index contributed by atoms with van der Waals surface area (Å²) in [6, 6.07) is 18.8. The lowest BCUT2D eigenvalue weighted by atomic mass is 9.99. The van der Waals surface area contributed by atoms with E-state index in [0.717, 1.165) is 5.39 Å². The van der Waals surface area contributed by atoms with Crippen LogP contribution in [0.5, 0.6) is 5.75 Å². The van der Waals surface area contributed by atoms with Crippen LogP contribution < -0.4 is 10.7 Å². The number of carbonyl (C=O) groups excluding carboxylic acids is 2. The van der Waals surface area contributed by atoms with Gasteiger partial charge in [-0.05, 0) is 52.7 Å². The molecule has 0 aliphatic heterocycles. The van der Waals surface area contributed by atoms with E-state index >= 15 is 0 Å². The second-order valence-corrected chi connectivity index (χ2v) is 8.35. The zero-order chi connectivity index (χ0) is 24.9. The maximum Gasteiger partial charge on any atom is 0.271 e. The SMILES string of the molecule is O=C(N/N=C/c1ccc(C(=O)NCc2ccc(F)cc2Cl)c2ccccc12)c1ccc(O)c(Cl)c1. The molecule has 3 N–H and O–H groups in total. The van der Waals surface area contributed by atoms with Crippen LogP contribution in [0.15, 0.2) is 77.9 Å². The molecule has 0 spiro atoms. The maximum atomic E-state index is 13.3. The van der Waals surface area contributed by atoms with Crippen molar-refractivity contribution in [3.8, 4) is 5.75 Å². The van der Waals surface area contributed by atoms with E-state index in [-0.39, 0.29) is 33.8 Å². The highest BCUT2D eigenvalue weighted by Gasteiger charge is 2.13. The van der Waals surface area contributed by atoms with E-state index in [9.17, 15) is 19.1 Å². The highest BCUT2D eigenvalue weighted by atomic mass is 35.5. The molecule has 0 radical (unpaired) electrons. The van der Waals surface area contributed by atoms with Crippen LogP contribution in [-0.2, 0) is 6.54 Å². The van der Waals surface area contributed by atoms with Crippen LogP contribution in [0.4, 0.5) is 4.39 Å². The first-order valence-corrected chi connectivity index (χ1v) is 11.1. The standard InChI is InChI=1S/C26H18Cl2FN3O3/c27-22-12-18(29)8-5-17(22)13-30-26(35)21-9-6-16(19-3-1-2-4-20(19)21)14-31-32-25(34)15-7-10-24(33)23(28)11-15/h1-12,14,33H,13H2,(H,30,35)(H,32,34)/b31-14+. The third kappa shape index (κ3) is 5.59. The molecule has 35 heavy (non-hydrogen) atoms. The second kappa shape index (κ2) is 10.5. The van der Waals surface area contributed by atoms with Gasteiger partial charge in [-0.2, -0.15) is 5.10 Å². The molecule has 0 heterocycles. The van der Waals surface area contributed by atoms with Crippen LogP contribution >= 0.6 is 23.2 Å². The van der Waals surface area contributed by atoms with Crippen LogP contribution in [0.25, 0.3) is 10.8 Å². The van der Waals surface area contributed by atoms with E-state index in [2.05, 4.69) is 15.8 Å². The largest absolute Gasteiger partial charge is 0.506 e. The molecule has 2 amide bonds. The minimum absolute atomic E-state index is 0.0585. The Bertz CT molecular complexity index is 1470. The summed E-state index contributed by atoms with van der Waals surface area (Å²) in [7, 11) is 0. The lowest BCUT2D eigenvalue weighted by Gasteiger charge is -2.11. The summed E-state index contributed by atoms with van der Waals surface area (Å²) < 4.78 is 13.3. The van der Waals surface area contributed by atoms with Crippen LogP contribution in [0.1, 0.15) is 31.8 Å². The predicted molar refractivity (Wildman–Crippen MR) is 135 cm³/mol. The third-order valence-corrected chi connectivity index (χ3v) is 5.89. The van der Waals surface area contributed by atoms with Crippen LogP contribution in [0, 0.1) is 5.82 Å². The summed E-state index contributed by atoms with van der Waals surface area (Å²) in [5.74, 6) is -1.38. The van der Waals surface area contributed by atoms with Gasteiger partial charge in [0, 0.05) is 28.3 Å². The molecule has 6 nitrogen and oxygen atoms in total. The van der Waals surface area contributed by atoms with Crippen molar-refractivity contribution in [2.75, 3.05) is 0 Å². The Labute approximate surface area is 210 Å². The highest BCUT2D eigenvalue weighted by Crippen LogP contribution is 2.24. The van der Waals surface area contributed by atoms with Crippen molar-refractivity contribution < 1.29 is 19.1 Å². The second-order valence-electron chi connectivity index (χ2n) is 7.53. The van der Waals surface area contributed by atoms with Gasteiger partial charge in [-0.25, -0.2) is 9.82 Å². The summed E-state index contributed by atoms with van der Waals surface area (Å²) in [5.41, 5.74) is 4.38. The molecule has 0 atom stereocenters. The van der Waals surface area contributed by atoms with Gasteiger partial charge in [-0.15, -0.1) is 0 Å². The zero-order valence-corrected chi connectivity index (χ0v) is 19.6. The Balaban J connectivity index is 1.51. The number of aromatic hydroxyl groups is 1. The van der Waals surface area contributed by atoms with Gasteiger partial charge in [0.15, 0.2) is 0 Å². The summed E-state index contributed by atoms with van der Waals surface area (Å²) in [6.45, 7) is 0.142. The number of nitrogens with zero attached hydrogens (tertiary/aromatic N) is 1. The van der Waals surface area contributed by atoms with Crippen molar-refractivity contribution in [2.24, 2.45) is 5.10 Å². The number of benzene rings is 4. The van der Waals surface area contributed by atoms with E-state index in [4.69, 9.17) is 23.2 Å². The fraction of sp³-hybridized carbons (Fsp3) is 0.0385. The molecule has 0 bridgehead atoms. The Morgan fingerprint density at radius 1 is 0.914 bits per heavy atom. The van der Waals surface area contributed by atoms with Gasteiger partial charge in [-0.3, -0.25) is 9.59 Å². The molecule has 0 fully saturated rings. The van der Waals surface area contributed by atoms with E-state index in [1.54, 1.807) is 12.1 Å². The van der Waals surface area contributed by atoms with Gasteiger partial charge in [0.2, 0.25) is 0 Å². The summed E-state index contributed by atoms with van der Waals surface area (Å²) >= 11 is 11.9. The van der Waals surface area contributed by atoms with Crippen molar-refractivity contribution >= 4 is 52.0 Å². The Morgan fingerprint density at radius 3 is 2.43 bits per heavy atom. The summed E-state index contributed by atoms with van der Waals surface area (Å²) in [6.07, 6.45) is 1.47. The number of hydrogen-bond donors (Lipinski definition) is 3. The van der Waals surface area contributed by atoms with Gasteiger partial charge in [0.05, 0.1) is 11.2 Å². The van der Waals surface area contributed by atoms with E-state index in [0.29, 0.717) is 22.1 Å². The lowest BCUT2D eigenvalue weighted by molar-refractivity contribution is 0.0946. The Morgan fingerprint density at radius 2 is 1.69 bits per heavy atom. The van der Waals surface area contributed by atoms with Crippen LogP contribution in [0.3, 0.4) is 0 Å². The van der Waals surface area contributed by atoms with Gasteiger partial charge in [0.25, 0.3) is 11.8 Å². The molecule has 4 rings (SSSR count). The minimum atomic E-state index is -0.497. The van der Waals surface area contributed by atoms with Crippen molar-refractivity contribution in [3.63, 3.8) is 0 Å². The maximum absolute atomic E-state index is 13.3. The topological polar surface area (TPSA) is 90.8 Å². The van der Waals surface area contributed by atoms with Crippen molar-refractivity contribution in [1.82, 2.24) is 10.7 Å². The van der Waals surface area contributed by atoms with E-state index in [1.807, 2.05) is 24.3 Å². The van der Waals surface area contributed by atoms with Gasteiger partial charge < -0.3 is 10.4 Å². The quantitative estimate of drug-likeness (QED) is 0.230. The number of amides is 2. The molecule has 4 aromatic carbocycles. The van der Waals surface area contributed by atoms with E-state index in [1.165, 1.54) is 42.6 Å². The zero-order valence-electron chi connectivity index (χ0n) is 18.1. The number of rotatable bonds is 6. The van der Waals surface area contributed by atoms with Crippen LogP contribution in [0.2, 0.25) is 10.0 Å². The highest BCUT2D eigenvalue weighted by molar-refractivity contribution is 6.32. The van der Waals surface area contributed by atoms with E-state index < -0.39 is 11.7 Å². The fourth-order valence-electron chi connectivity index (χ4n) is 3.44. The fourth-order valence-corrected chi connectivity index (χ4v) is 3.86. The first-order chi connectivity index (χ1) is 16.8. The first-order valence-electron chi connectivity index (χ1n) is 10.4. The number of carbonyl (C=O) groups is 2. The van der Waals surface area contributed by atoms with Gasteiger partial charge in [-0.1, -0.05) is 59.6 Å². The molecule has 0 aliphatic rings. The normalized spacial score (nSPS) is 11.1. The smallest absolute Gasteiger partial charge is 0.271 e. The number of hydrazone groups is 1. The number of halogens is 3. The minimum Gasteiger partial charge on any atom is -0.506 e. The number of hydrogen-bond acceptors (Lipinski definition) is 4. The van der Waals surface area contributed by atoms with Gasteiger partial charge in [0.1, 0.15) is 11.6 Å². The Hall–Kier alpha value is -3.94. The molecule has 0 unspecified atom stereocenters. The summed E-state index contributed by atoms with van der Waals surface area (Å²) in [5, 5.41) is 18.0.